The highest BCUT2D eigenvalue weighted by Crippen LogP contribution is 2.26. The van der Waals surface area contributed by atoms with Crippen LogP contribution in [0.15, 0.2) is 36.5 Å². The van der Waals surface area contributed by atoms with Crippen LogP contribution in [0.5, 0.6) is 5.88 Å². The molecule has 0 spiro atoms. The zero-order chi connectivity index (χ0) is 13.8. The van der Waals surface area contributed by atoms with E-state index in [0.717, 1.165) is 16.7 Å². The third-order valence-electron chi connectivity index (χ3n) is 2.76. The topological polar surface area (TPSA) is 77.2 Å². The summed E-state index contributed by atoms with van der Waals surface area (Å²) in [6.07, 6.45) is 1.73. The van der Waals surface area contributed by atoms with Crippen molar-refractivity contribution in [3.05, 3.63) is 42.1 Å². The quantitative estimate of drug-likeness (QED) is 0.887. The van der Waals surface area contributed by atoms with Gasteiger partial charge in [-0.2, -0.15) is 0 Å². The molecule has 0 bridgehead atoms. The zero-order valence-corrected chi connectivity index (χ0v) is 10.8. The van der Waals surface area contributed by atoms with E-state index in [2.05, 4.69) is 10.3 Å². The molecule has 3 N–H and O–H groups in total. The molecular weight excluding hydrogens is 242 g/mol. The first-order chi connectivity index (χ1) is 9.10. The number of aryl methyl sites for hydroxylation is 1. The van der Waals surface area contributed by atoms with Crippen LogP contribution in [0, 0.1) is 6.92 Å². The Morgan fingerprint density at radius 1 is 1.32 bits per heavy atom. The van der Waals surface area contributed by atoms with Gasteiger partial charge in [-0.3, -0.25) is 0 Å². The number of nitrogens with two attached hydrogens (primary N) is 1. The number of ether oxygens (including phenoxy) is 1. The second-order valence-electron chi connectivity index (χ2n) is 4.11. The normalized spacial score (nSPS) is 10.0. The van der Waals surface area contributed by atoms with Crippen LogP contribution in [0.1, 0.15) is 5.56 Å². The van der Waals surface area contributed by atoms with Crippen LogP contribution in [0.25, 0.3) is 11.1 Å². The lowest BCUT2D eigenvalue weighted by Crippen LogP contribution is -2.19. The number of hydrogen-bond acceptors (Lipinski definition) is 3. The monoisotopic (exact) mass is 257 g/mol. The number of amides is 2. The third kappa shape index (κ3) is 3.01. The molecule has 2 aromatic rings. The van der Waals surface area contributed by atoms with Gasteiger partial charge in [0.25, 0.3) is 0 Å². The highest BCUT2D eigenvalue weighted by molar-refractivity contribution is 5.89. The Bertz CT molecular complexity index is 594. The molecule has 0 atom stereocenters. The first kappa shape index (κ1) is 12.9. The molecule has 0 saturated heterocycles. The summed E-state index contributed by atoms with van der Waals surface area (Å²) in [7, 11) is 1.57. The van der Waals surface area contributed by atoms with Crippen LogP contribution in [0.3, 0.4) is 0 Å². The fourth-order valence-electron chi connectivity index (χ4n) is 1.81. The fraction of sp³-hybridized carbons (Fsp3) is 0.143. The van der Waals surface area contributed by atoms with Gasteiger partial charge in [-0.1, -0.05) is 6.07 Å². The Balaban J connectivity index is 2.39. The number of pyridine rings is 1. The molecule has 1 aromatic carbocycles. The highest BCUT2D eigenvalue weighted by Gasteiger charge is 2.05. The number of carbonyl (C=O) groups is 1. The molecule has 0 unspecified atom stereocenters. The minimum absolute atomic E-state index is 0.563. The van der Waals surface area contributed by atoms with Crippen molar-refractivity contribution in [3.63, 3.8) is 0 Å². The van der Waals surface area contributed by atoms with Gasteiger partial charge < -0.3 is 15.8 Å². The largest absolute Gasteiger partial charge is 0.481 e. The molecule has 98 valence electrons. The molecule has 1 heterocycles. The number of nitrogens with one attached hydrogen (secondary N) is 1. The lowest BCUT2D eigenvalue weighted by atomic mass is 10.0. The van der Waals surface area contributed by atoms with Crippen LogP contribution >= 0.6 is 0 Å². The van der Waals surface area contributed by atoms with Crippen molar-refractivity contribution in [1.82, 2.24) is 4.98 Å². The number of primary amides is 1. The number of carbonyl (C=O) groups excluding carboxylic acids is 1. The van der Waals surface area contributed by atoms with Crippen molar-refractivity contribution in [2.24, 2.45) is 5.73 Å². The maximum atomic E-state index is 10.9. The lowest BCUT2D eigenvalue weighted by molar-refractivity contribution is 0.259. The van der Waals surface area contributed by atoms with E-state index >= 15 is 0 Å². The first-order valence-electron chi connectivity index (χ1n) is 5.77. The number of aromatic nitrogens is 1. The van der Waals surface area contributed by atoms with Gasteiger partial charge in [-0.25, -0.2) is 9.78 Å². The number of hydrogen-bond donors (Lipinski definition) is 2. The van der Waals surface area contributed by atoms with E-state index in [9.17, 15) is 4.79 Å². The van der Waals surface area contributed by atoms with E-state index in [1.54, 1.807) is 25.4 Å². The highest BCUT2D eigenvalue weighted by atomic mass is 16.5. The summed E-state index contributed by atoms with van der Waals surface area (Å²) in [6.45, 7) is 1.99. The number of anilines is 1. The summed E-state index contributed by atoms with van der Waals surface area (Å²) >= 11 is 0. The number of urea groups is 1. The van der Waals surface area contributed by atoms with Crippen molar-refractivity contribution < 1.29 is 9.53 Å². The van der Waals surface area contributed by atoms with Gasteiger partial charge in [0.2, 0.25) is 5.88 Å². The van der Waals surface area contributed by atoms with Gasteiger partial charge in [0, 0.05) is 23.5 Å². The minimum atomic E-state index is -0.581. The van der Waals surface area contributed by atoms with Gasteiger partial charge in [0.15, 0.2) is 0 Å². The van der Waals surface area contributed by atoms with Crippen LogP contribution in [-0.4, -0.2) is 18.1 Å². The summed E-state index contributed by atoms with van der Waals surface area (Å²) in [4.78, 5) is 15.0. The summed E-state index contributed by atoms with van der Waals surface area (Å²) in [6, 6.07) is 8.72. The van der Waals surface area contributed by atoms with Crippen molar-refractivity contribution in [1.29, 1.82) is 0 Å². The Labute approximate surface area is 111 Å². The van der Waals surface area contributed by atoms with Gasteiger partial charge in [0.05, 0.1) is 7.11 Å². The van der Waals surface area contributed by atoms with E-state index < -0.39 is 6.03 Å². The van der Waals surface area contributed by atoms with Crippen LogP contribution < -0.4 is 15.8 Å². The molecule has 5 heteroatoms. The minimum Gasteiger partial charge on any atom is -0.481 e. The molecule has 0 aliphatic heterocycles. The van der Waals surface area contributed by atoms with Gasteiger partial charge in [-0.05, 0) is 36.2 Å². The molecule has 1 aromatic heterocycles. The molecule has 2 rings (SSSR count). The van der Waals surface area contributed by atoms with Crippen LogP contribution in [0.4, 0.5) is 10.5 Å². The Hall–Kier alpha value is -2.56. The number of nitrogens with zero attached hydrogens (tertiary/aromatic N) is 1. The second kappa shape index (κ2) is 5.39. The average molecular weight is 257 g/mol. The van der Waals surface area contributed by atoms with E-state index in [-0.39, 0.29) is 0 Å². The molecule has 0 saturated carbocycles. The predicted molar refractivity (Wildman–Crippen MR) is 74.2 cm³/mol. The Morgan fingerprint density at radius 3 is 2.68 bits per heavy atom. The third-order valence-corrected chi connectivity index (χ3v) is 2.76. The van der Waals surface area contributed by atoms with E-state index in [0.29, 0.717) is 11.6 Å². The smallest absolute Gasteiger partial charge is 0.316 e. The Morgan fingerprint density at radius 2 is 2.11 bits per heavy atom. The summed E-state index contributed by atoms with van der Waals surface area (Å²) in [5.41, 5.74) is 8.79. The summed E-state index contributed by atoms with van der Waals surface area (Å²) in [5, 5.41) is 2.56. The van der Waals surface area contributed by atoms with Crippen molar-refractivity contribution >= 4 is 11.7 Å². The van der Waals surface area contributed by atoms with E-state index in [1.807, 2.05) is 25.1 Å². The molecule has 5 nitrogen and oxygen atoms in total. The first-order valence-corrected chi connectivity index (χ1v) is 5.77. The van der Waals surface area contributed by atoms with E-state index in [4.69, 9.17) is 10.5 Å². The fourth-order valence-corrected chi connectivity index (χ4v) is 1.81. The zero-order valence-electron chi connectivity index (χ0n) is 10.8. The summed E-state index contributed by atoms with van der Waals surface area (Å²) < 4.78 is 5.03. The molecule has 0 fully saturated rings. The summed E-state index contributed by atoms with van der Waals surface area (Å²) in [5.74, 6) is 0.563. The molecule has 19 heavy (non-hydrogen) atoms. The van der Waals surface area contributed by atoms with Crippen molar-refractivity contribution in [2.45, 2.75) is 6.92 Å². The van der Waals surface area contributed by atoms with Crippen LogP contribution in [0.2, 0.25) is 0 Å². The average Bonchev–Trinajstić information content (AvgIpc) is 2.40. The molecule has 0 radical (unpaired) electrons. The standard InChI is InChI=1S/C14H15N3O2/c1-9-3-5-11(17-14(15)18)7-12(9)10-4-6-13(19-2)16-8-10/h3-8H,1-2H3,(H3,15,17,18). The lowest BCUT2D eigenvalue weighted by Gasteiger charge is -2.09. The molecule has 0 aliphatic rings. The van der Waals surface area contributed by atoms with Gasteiger partial charge in [-0.15, -0.1) is 0 Å². The number of benzene rings is 1. The Kier molecular flexibility index (Phi) is 3.66. The molecule has 0 aliphatic carbocycles. The van der Waals surface area contributed by atoms with Crippen molar-refractivity contribution in [3.8, 4) is 17.0 Å². The maximum Gasteiger partial charge on any atom is 0.316 e. The van der Waals surface area contributed by atoms with E-state index in [1.165, 1.54) is 0 Å². The second-order valence-corrected chi connectivity index (χ2v) is 4.11. The number of rotatable bonds is 3. The maximum absolute atomic E-state index is 10.9. The number of methoxy groups -OCH3 is 1. The predicted octanol–water partition coefficient (Wildman–Crippen LogP) is 2.56. The molecular formula is C14H15N3O2. The van der Waals surface area contributed by atoms with Gasteiger partial charge in [0.1, 0.15) is 0 Å². The van der Waals surface area contributed by atoms with Gasteiger partial charge >= 0.3 is 6.03 Å². The SMILES string of the molecule is COc1ccc(-c2cc(NC(N)=O)ccc2C)cn1. The molecule has 2 amide bonds. The van der Waals surface area contributed by atoms with Crippen molar-refractivity contribution in [2.75, 3.05) is 12.4 Å². The van der Waals surface area contributed by atoms with Crippen LogP contribution in [-0.2, 0) is 0 Å².